The van der Waals surface area contributed by atoms with Crippen molar-refractivity contribution in [2.75, 3.05) is 27.3 Å². The fraction of sp³-hybridized carbons (Fsp3) is 0.737. The number of nitrogens with one attached hydrogen (secondary N) is 1. The minimum atomic E-state index is -1.32. The molecule has 1 aromatic carbocycles. The number of ketones is 1. The highest BCUT2D eigenvalue weighted by atomic mass is 35.5. The van der Waals surface area contributed by atoms with Crippen LogP contribution >= 0.6 is 11.6 Å². The van der Waals surface area contributed by atoms with Crippen LogP contribution in [0, 0.1) is 17.8 Å². The standard InChI is InChI=1S/C38H56ClN3O11/c1-10-29-38(7)33(40-36(46)52-38)23(5)31(43)20(2)17-37(6)30(51-35-32(44)27(42(8)9)15-21(3)49-35)16-28(22(4)34(45)50-29)47-18-25(19-48-37)41-53-26-13-11-24(39)12-14-26/h11-14,20-23,27-30,32-33,35,44H,10,15-19H2,1-9H3,(H,40,46)/b41-25+/t20-,21-,22-,23+,27+,28-,29-,30-,32-,33?,35?,37+,38?/m1/s1. The molecule has 1 aromatic rings. The van der Waals surface area contributed by atoms with Gasteiger partial charge in [-0.1, -0.05) is 37.5 Å². The van der Waals surface area contributed by atoms with E-state index in [1.807, 2.05) is 46.7 Å². The Labute approximate surface area is 317 Å². The van der Waals surface area contributed by atoms with Gasteiger partial charge in [0, 0.05) is 29.3 Å². The average molecular weight is 766 g/mol. The summed E-state index contributed by atoms with van der Waals surface area (Å²) in [5, 5.41) is 19.3. The lowest BCUT2D eigenvalue weighted by Gasteiger charge is -2.46. The topological polar surface area (TPSA) is 164 Å². The van der Waals surface area contributed by atoms with E-state index in [-0.39, 0.29) is 44.0 Å². The van der Waals surface area contributed by atoms with Gasteiger partial charge in [0.2, 0.25) is 0 Å². The number of benzene rings is 1. The number of rotatable bonds is 6. The maximum Gasteiger partial charge on any atom is 0.408 e. The molecule has 14 nitrogen and oxygen atoms in total. The minimum absolute atomic E-state index is 0.0645. The van der Waals surface area contributed by atoms with E-state index in [2.05, 4.69) is 10.5 Å². The summed E-state index contributed by atoms with van der Waals surface area (Å²) in [6.45, 7) is 12.4. The van der Waals surface area contributed by atoms with E-state index in [1.165, 1.54) is 0 Å². The molecule has 4 heterocycles. The van der Waals surface area contributed by atoms with E-state index in [9.17, 15) is 19.5 Å². The van der Waals surface area contributed by atoms with Crippen LogP contribution in [0.4, 0.5) is 4.79 Å². The van der Waals surface area contributed by atoms with E-state index < -0.39 is 77.8 Å². The molecule has 296 valence electrons. The normalized spacial score (nSPS) is 41.0. The van der Waals surface area contributed by atoms with Crippen LogP contribution in [0.1, 0.15) is 74.1 Å². The molecular weight excluding hydrogens is 710 g/mol. The van der Waals surface area contributed by atoms with Gasteiger partial charge in [-0.3, -0.25) is 9.59 Å². The monoisotopic (exact) mass is 765 g/mol. The van der Waals surface area contributed by atoms with E-state index >= 15 is 0 Å². The van der Waals surface area contributed by atoms with Crippen molar-refractivity contribution >= 4 is 35.2 Å². The van der Waals surface area contributed by atoms with Crippen molar-refractivity contribution in [3.8, 4) is 5.75 Å². The summed E-state index contributed by atoms with van der Waals surface area (Å²) < 4.78 is 38.1. The van der Waals surface area contributed by atoms with Crippen molar-refractivity contribution in [3.63, 3.8) is 0 Å². The zero-order valence-electron chi connectivity index (χ0n) is 32.2. The van der Waals surface area contributed by atoms with Gasteiger partial charge in [-0.15, -0.1) is 0 Å². The molecule has 15 heteroatoms. The molecule has 0 aliphatic carbocycles. The van der Waals surface area contributed by atoms with Crippen LogP contribution in [0.2, 0.25) is 5.02 Å². The number of fused-ring (bicyclic) bond motifs is 4. The molecule has 4 aliphatic rings. The Morgan fingerprint density at radius 1 is 1.04 bits per heavy atom. The molecule has 0 radical (unpaired) electrons. The molecule has 4 aliphatic heterocycles. The molecule has 0 spiro atoms. The average Bonchev–Trinajstić information content (AvgIpc) is 3.45. The number of ether oxygens (including phenoxy) is 6. The smallest absolute Gasteiger partial charge is 0.408 e. The third-order valence-electron chi connectivity index (χ3n) is 11.4. The number of esters is 1. The molecule has 0 saturated carbocycles. The Morgan fingerprint density at radius 2 is 1.74 bits per heavy atom. The number of cyclic esters (lactones) is 1. The van der Waals surface area contributed by atoms with Crippen LogP contribution in [0.15, 0.2) is 29.4 Å². The number of aliphatic hydroxyl groups is 1. The number of nitrogens with zero attached hydrogens (tertiary/aromatic N) is 2. The van der Waals surface area contributed by atoms with Gasteiger partial charge in [-0.05, 0) is 85.3 Å². The third kappa shape index (κ3) is 9.17. The highest BCUT2D eigenvalue weighted by molar-refractivity contribution is 6.30. The summed E-state index contributed by atoms with van der Waals surface area (Å²) >= 11 is 6.06. The predicted octanol–water partition coefficient (Wildman–Crippen LogP) is 4.52. The van der Waals surface area contributed by atoms with Crippen LogP contribution in [0.3, 0.4) is 0 Å². The number of carbonyl (C=O) groups is 3. The van der Waals surface area contributed by atoms with Gasteiger partial charge in [-0.25, -0.2) is 4.79 Å². The van der Waals surface area contributed by atoms with E-state index in [1.54, 1.807) is 45.0 Å². The molecule has 2 N–H and O–H groups in total. The van der Waals surface area contributed by atoms with Gasteiger partial charge in [-0.2, -0.15) is 0 Å². The second-order valence-corrected chi connectivity index (χ2v) is 16.1. The third-order valence-corrected chi connectivity index (χ3v) is 11.6. The number of aliphatic hydroxyl groups excluding tert-OH is 1. The second-order valence-electron chi connectivity index (χ2n) is 15.7. The zero-order valence-corrected chi connectivity index (χ0v) is 33.0. The highest BCUT2D eigenvalue weighted by Gasteiger charge is 2.57. The van der Waals surface area contributed by atoms with Crippen molar-refractivity contribution in [3.05, 3.63) is 29.3 Å². The summed E-state index contributed by atoms with van der Waals surface area (Å²) in [6.07, 6.45) is -4.34. The van der Waals surface area contributed by atoms with Gasteiger partial charge in [0.1, 0.15) is 23.7 Å². The van der Waals surface area contributed by atoms with Crippen molar-refractivity contribution in [2.24, 2.45) is 22.9 Å². The summed E-state index contributed by atoms with van der Waals surface area (Å²) in [7, 11) is 3.79. The predicted molar refractivity (Wildman–Crippen MR) is 195 cm³/mol. The summed E-state index contributed by atoms with van der Waals surface area (Å²) in [5.41, 5.74) is -2.16. The maximum absolute atomic E-state index is 14.4. The largest absolute Gasteiger partial charge is 0.458 e. The fourth-order valence-electron chi connectivity index (χ4n) is 8.11. The van der Waals surface area contributed by atoms with Gasteiger partial charge >= 0.3 is 12.1 Å². The molecule has 4 fully saturated rings. The lowest BCUT2D eigenvalue weighted by Crippen LogP contribution is -2.59. The SMILES string of the molecule is CC[C@H]1OC(=O)[C@H](C)[C@H]2C[C@@H](OC3O[C@H](C)C[C@H](N(C)C)[C@H]3O)[C@](C)(C[C@@H](C)C(=O)[C@H](C)C3NC(=O)OC31C)OC/C(=N/Oc1ccc(Cl)cc1)CO2. The Balaban J connectivity index is 1.58. The van der Waals surface area contributed by atoms with Crippen LogP contribution in [-0.4, -0.2) is 121 Å². The lowest BCUT2D eigenvalue weighted by molar-refractivity contribution is -0.294. The number of alkyl carbamates (subject to hydrolysis) is 1. The van der Waals surface area contributed by atoms with E-state index in [4.69, 9.17) is 44.9 Å². The van der Waals surface area contributed by atoms with Gasteiger partial charge in [0.25, 0.3) is 0 Å². The van der Waals surface area contributed by atoms with E-state index in [0.29, 0.717) is 29.3 Å². The number of hydrogen-bond donors (Lipinski definition) is 2. The summed E-state index contributed by atoms with van der Waals surface area (Å²) in [6, 6.07) is 5.69. The van der Waals surface area contributed by atoms with Crippen LogP contribution in [-0.2, 0) is 38.0 Å². The van der Waals surface area contributed by atoms with Crippen molar-refractivity contribution < 1.29 is 52.7 Å². The Morgan fingerprint density at radius 3 is 2.40 bits per heavy atom. The number of likely N-dealkylation sites (N-methyl/N-ethyl adjacent to an activating group) is 1. The number of oxime groups is 1. The molecule has 13 atom stereocenters. The molecule has 53 heavy (non-hydrogen) atoms. The second kappa shape index (κ2) is 16.9. The maximum atomic E-state index is 14.4. The van der Waals surface area contributed by atoms with Crippen LogP contribution in [0.5, 0.6) is 5.75 Å². The molecule has 1 amide bonds. The molecule has 4 saturated heterocycles. The first-order valence-electron chi connectivity index (χ1n) is 18.6. The molecule has 2 bridgehead atoms. The Hall–Kier alpha value is -2.85. The summed E-state index contributed by atoms with van der Waals surface area (Å²) in [5.74, 6) is -2.47. The lowest BCUT2D eigenvalue weighted by atomic mass is 9.75. The first kappa shape index (κ1) is 41.3. The Kier molecular flexibility index (Phi) is 13.2. The number of halogens is 1. The molecule has 3 unspecified atom stereocenters. The molecular formula is C38H56ClN3O11. The van der Waals surface area contributed by atoms with Crippen LogP contribution in [0.25, 0.3) is 0 Å². The molecule has 0 aromatic heterocycles. The Bertz CT molecular complexity index is 1500. The van der Waals surface area contributed by atoms with Crippen LogP contribution < -0.4 is 10.2 Å². The first-order valence-corrected chi connectivity index (χ1v) is 19.0. The van der Waals surface area contributed by atoms with Crippen molar-refractivity contribution in [1.82, 2.24) is 10.2 Å². The van der Waals surface area contributed by atoms with Gasteiger partial charge in [0.05, 0.1) is 49.1 Å². The van der Waals surface area contributed by atoms with Crippen molar-refractivity contribution in [2.45, 2.75) is 134 Å². The number of Topliss-reactive ketones (excluding diaryl/α,β-unsaturated/α-hetero) is 1. The highest BCUT2D eigenvalue weighted by Crippen LogP contribution is 2.40. The number of amides is 1. The van der Waals surface area contributed by atoms with Crippen molar-refractivity contribution in [1.29, 1.82) is 0 Å². The fourth-order valence-corrected chi connectivity index (χ4v) is 8.24. The quantitative estimate of drug-likeness (QED) is 0.308. The van der Waals surface area contributed by atoms with E-state index in [0.717, 1.165) is 0 Å². The number of hydrogen-bond acceptors (Lipinski definition) is 13. The van der Waals surface area contributed by atoms with Gasteiger partial charge in [0.15, 0.2) is 17.6 Å². The molecule has 5 rings (SSSR count). The zero-order chi connectivity index (χ0) is 38.8. The minimum Gasteiger partial charge on any atom is -0.458 e. The number of carbonyl (C=O) groups excluding carboxylic acids is 3. The summed E-state index contributed by atoms with van der Waals surface area (Å²) in [4.78, 5) is 48.9. The van der Waals surface area contributed by atoms with Gasteiger partial charge < -0.3 is 48.6 Å². The first-order chi connectivity index (χ1) is 24.9.